The highest BCUT2D eigenvalue weighted by molar-refractivity contribution is 5.76. The summed E-state index contributed by atoms with van der Waals surface area (Å²) in [5.41, 5.74) is 0. The molecule has 2 atom stereocenters. The molecule has 0 radical (unpaired) electrons. The van der Waals surface area contributed by atoms with E-state index in [9.17, 15) is 15.0 Å². The summed E-state index contributed by atoms with van der Waals surface area (Å²) in [6.45, 7) is 4.28. The second kappa shape index (κ2) is 64.6. The van der Waals surface area contributed by atoms with Crippen molar-refractivity contribution in [3.8, 4) is 0 Å². The maximum absolute atomic E-state index is 12.5. The van der Waals surface area contributed by atoms with E-state index < -0.39 is 12.1 Å². The average molecular weight is 1020 g/mol. The molecule has 0 saturated heterocycles. The first-order valence-corrected chi connectivity index (χ1v) is 33.3. The number of unbranched alkanes of at least 4 members (excludes halogenated alkanes) is 47. The first-order valence-electron chi connectivity index (χ1n) is 33.3. The minimum absolute atomic E-state index is 0.0230. The molecule has 0 aliphatic carbocycles. The molecule has 0 saturated carbocycles. The van der Waals surface area contributed by atoms with Crippen molar-refractivity contribution in [2.24, 2.45) is 0 Å². The molecule has 0 heterocycles. The highest BCUT2D eigenvalue weighted by atomic mass is 16.3. The van der Waals surface area contributed by atoms with Crippen LogP contribution in [0.2, 0.25) is 0 Å². The summed E-state index contributed by atoms with van der Waals surface area (Å²) in [4.78, 5) is 12.5. The fraction of sp³-hybridized carbons (Fsp3) is 0.870. The van der Waals surface area contributed by atoms with Crippen molar-refractivity contribution >= 4 is 5.91 Å². The van der Waals surface area contributed by atoms with Gasteiger partial charge in [-0.25, -0.2) is 0 Å². The number of nitrogens with one attached hydrogen (secondary N) is 1. The lowest BCUT2D eigenvalue weighted by Gasteiger charge is -2.22. The van der Waals surface area contributed by atoms with Gasteiger partial charge in [0.15, 0.2) is 0 Å². The van der Waals surface area contributed by atoms with Gasteiger partial charge in [0.25, 0.3) is 0 Å². The van der Waals surface area contributed by atoms with Gasteiger partial charge in [0.05, 0.1) is 18.8 Å². The van der Waals surface area contributed by atoms with Gasteiger partial charge >= 0.3 is 0 Å². The Morgan fingerprint density at radius 3 is 0.904 bits per heavy atom. The third kappa shape index (κ3) is 61.1. The molecule has 0 aromatic carbocycles. The molecule has 430 valence electrons. The van der Waals surface area contributed by atoms with E-state index in [1.165, 1.54) is 289 Å². The molecule has 0 rings (SSSR count). The Hall–Kier alpha value is -1.65. The highest BCUT2D eigenvalue weighted by Gasteiger charge is 2.20. The first-order chi connectivity index (χ1) is 36.2. The first kappa shape index (κ1) is 71.3. The summed E-state index contributed by atoms with van der Waals surface area (Å²) >= 11 is 0. The van der Waals surface area contributed by atoms with E-state index >= 15 is 0 Å². The van der Waals surface area contributed by atoms with Gasteiger partial charge in [-0.05, 0) is 51.4 Å². The Morgan fingerprint density at radius 2 is 0.603 bits per heavy atom. The van der Waals surface area contributed by atoms with E-state index in [4.69, 9.17) is 0 Å². The van der Waals surface area contributed by atoms with Crippen molar-refractivity contribution in [1.82, 2.24) is 5.32 Å². The maximum atomic E-state index is 12.5. The minimum Gasteiger partial charge on any atom is -0.394 e. The molecule has 0 fully saturated rings. The molecule has 73 heavy (non-hydrogen) atoms. The van der Waals surface area contributed by atoms with E-state index in [0.29, 0.717) is 12.8 Å². The molecule has 4 heteroatoms. The fourth-order valence-corrected chi connectivity index (χ4v) is 10.6. The number of allylic oxidation sites excluding steroid dienone is 8. The third-order valence-corrected chi connectivity index (χ3v) is 15.6. The predicted octanol–water partition coefficient (Wildman–Crippen LogP) is 22.5. The van der Waals surface area contributed by atoms with Crippen molar-refractivity contribution in [2.45, 2.75) is 379 Å². The molecule has 2 unspecified atom stereocenters. The molecular formula is C69H131NO3. The molecule has 3 N–H and O–H groups in total. The van der Waals surface area contributed by atoms with Crippen LogP contribution in [-0.4, -0.2) is 34.9 Å². The number of amides is 1. The van der Waals surface area contributed by atoms with Crippen LogP contribution >= 0.6 is 0 Å². The Bertz CT molecular complexity index is 1160. The number of aliphatic hydroxyl groups is 2. The van der Waals surface area contributed by atoms with Gasteiger partial charge in [-0.15, -0.1) is 0 Å². The van der Waals surface area contributed by atoms with E-state index in [0.717, 1.165) is 51.4 Å². The summed E-state index contributed by atoms with van der Waals surface area (Å²) in [7, 11) is 0. The summed E-state index contributed by atoms with van der Waals surface area (Å²) < 4.78 is 0. The number of carbonyl (C=O) groups is 1. The lowest BCUT2D eigenvalue weighted by atomic mass is 10.0. The normalized spacial score (nSPS) is 13.0. The molecule has 1 amide bonds. The van der Waals surface area contributed by atoms with Crippen molar-refractivity contribution in [3.63, 3.8) is 0 Å². The second-order valence-electron chi connectivity index (χ2n) is 22.9. The Balaban J connectivity index is 3.36. The molecule has 0 aliphatic rings. The van der Waals surface area contributed by atoms with Gasteiger partial charge in [-0.1, -0.05) is 358 Å². The minimum atomic E-state index is -0.658. The standard InChI is InChI=1S/C69H131NO3/c1-3-5-7-9-11-13-15-17-19-21-23-25-26-27-28-29-30-31-32-33-34-35-36-37-38-39-40-41-42-43-44-45-47-49-51-53-55-57-59-61-63-65-69(73)70-67(66-71)68(72)64-62-60-58-56-54-52-50-48-46-24-22-20-18-16-14-12-10-8-6-4-2/h5,7,11,13,17,19,23,25,67-68,71-72H,3-4,6,8-10,12,14-16,18,20-22,24,26-66H2,1-2H3,(H,70,73)/b7-5-,13-11-,19-17-,25-23-. The summed E-state index contributed by atoms with van der Waals surface area (Å²) in [5.74, 6) is -0.0230. The Morgan fingerprint density at radius 1 is 0.342 bits per heavy atom. The van der Waals surface area contributed by atoms with Crippen LogP contribution in [0.4, 0.5) is 0 Å². The van der Waals surface area contributed by atoms with E-state index in [1.807, 2.05) is 0 Å². The van der Waals surface area contributed by atoms with Crippen LogP contribution in [0.5, 0.6) is 0 Å². The van der Waals surface area contributed by atoms with Gasteiger partial charge < -0.3 is 15.5 Å². The largest absolute Gasteiger partial charge is 0.394 e. The monoisotopic (exact) mass is 1020 g/mol. The molecule has 0 aliphatic heterocycles. The maximum Gasteiger partial charge on any atom is 0.220 e. The van der Waals surface area contributed by atoms with Gasteiger partial charge in [0, 0.05) is 6.42 Å². The highest BCUT2D eigenvalue weighted by Crippen LogP contribution is 2.19. The van der Waals surface area contributed by atoms with Crippen molar-refractivity contribution < 1.29 is 15.0 Å². The smallest absolute Gasteiger partial charge is 0.220 e. The molecule has 0 spiro atoms. The van der Waals surface area contributed by atoms with Crippen molar-refractivity contribution in [3.05, 3.63) is 48.6 Å². The van der Waals surface area contributed by atoms with Crippen LogP contribution in [0.25, 0.3) is 0 Å². The molecule has 0 bridgehead atoms. The van der Waals surface area contributed by atoms with E-state index in [1.54, 1.807) is 0 Å². The molecule has 0 aromatic rings. The topological polar surface area (TPSA) is 69.6 Å². The zero-order chi connectivity index (χ0) is 52.7. The number of hydrogen-bond acceptors (Lipinski definition) is 3. The number of aliphatic hydroxyl groups excluding tert-OH is 2. The van der Waals surface area contributed by atoms with Crippen LogP contribution in [-0.2, 0) is 4.79 Å². The molecule has 0 aromatic heterocycles. The quantitative estimate of drug-likeness (QED) is 0.0420. The lowest BCUT2D eigenvalue weighted by Crippen LogP contribution is -2.45. The van der Waals surface area contributed by atoms with Crippen LogP contribution in [0.1, 0.15) is 367 Å². The Labute approximate surface area is 458 Å². The zero-order valence-corrected chi connectivity index (χ0v) is 49.7. The predicted molar refractivity (Wildman–Crippen MR) is 327 cm³/mol. The van der Waals surface area contributed by atoms with Crippen molar-refractivity contribution in [1.29, 1.82) is 0 Å². The Kier molecular flexibility index (Phi) is 63.2. The number of rotatable bonds is 62. The molecule has 4 nitrogen and oxygen atoms in total. The van der Waals surface area contributed by atoms with Crippen molar-refractivity contribution in [2.75, 3.05) is 6.61 Å². The van der Waals surface area contributed by atoms with Gasteiger partial charge in [0.2, 0.25) is 5.91 Å². The van der Waals surface area contributed by atoms with Crippen LogP contribution < -0.4 is 5.32 Å². The number of hydrogen-bond donors (Lipinski definition) is 3. The number of carbonyl (C=O) groups excluding carboxylic acids is 1. The fourth-order valence-electron chi connectivity index (χ4n) is 10.6. The summed E-state index contributed by atoms with van der Waals surface area (Å²) in [5, 5.41) is 23.4. The van der Waals surface area contributed by atoms with Crippen LogP contribution in [0, 0.1) is 0 Å². The third-order valence-electron chi connectivity index (χ3n) is 15.6. The van der Waals surface area contributed by atoms with Gasteiger partial charge in [-0.3, -0.25) is 4.79 Å². The second-order valence-corrected chi connectivity index (χ2v) is 22.9. The van der Waals surface area contributed by atoms with Crippen LogP contribution in [0.3, 0.4) is 0 Å². The van der Waals surface area contributed by atoms with E-state index in [2.05, 4.69) is 67.8 Å². The zero-order valence-electron chi connectivity index (χ0n) is 49.7. The lowest BCUT2D eigenvalue weighted by molar-refractivity contribution is -0.123. The van der Waals surface area contributed by atoms with Crippen LogP contribution in [0.15, 0.2) is 48.6 Å². The van der Waals surface area contributed by atoms with Gasteiger partial charge in [0.1, 0.15) is 0 Å². The summed E-state index contributed by atoms with van der Waals surface area (Å²) in [6, 6.07) is -0.535. The average Bonchev–Trinajstić information content (AvgIpc) is 3.40. The summed E-state index contributed by atoms with van der Waals surface area (Å²) in [6.07, 6.45) is 90.2. The van der Waals surface area contributed by atoms with Gasteiger partial charge in [-0.2, -0.15) is 0 Å². The van der Waals surface area contributed by atoms with E-state index in [-0.39, 0.29) is 12.5 Å². The SMILES string of the molecule is CC/C=C\C/C=C\C/C=C\C/C=C\CCCCCCCCCCCCCCCCCCCCCCCCCCCCCCC(=O)NC(CO)C(O)CCCCCCCCCCCCCCCCCCCCCC. The molecular weight excluding hydrogens is 891 g/mol.